The van der Waals surface area contributed by atoms with Gasteiger partial charge in [-0.1, -0.05) is 36.4 Å². The van der Waals surface area contributed by atoms with Gasteiger partial charge in [0.15, 0.2) is 11.5 Å². The highest BCUT2D eigenvalue weighted by molar-refractivity contribution is 5.54. The van der Waals surface area contributed by atoms with Gasteiger partial charge in [0.1, 0.15) is 0 Å². The lowest BCUT2D eigenvalue weighted by atomic mass is 9.96. The van der Waals surface area contributed by atoms with Gasteiger partial charge in [-0.05, 0) is 48.9 Å². The van der Waals surface area contributed by atoms with Gasteiger partial charge in [-0.2, -0.15) is 5.21 Å². The Hall–Kier alpha value is -2.93. The molecule has 0 bridgehead atoms. The summed E-state index contributed by atoms with van der Waals surface area (Å²) >= 11 is 0. The smallest absolute Gasteiger partial charge is 0.231 e. The maximum Gasteiger partial charge on any atom is 0.231 e. The summed E-state index contributed by atoms with van der Waals surface area (Å²) < 4.78 is 11.2. The number of aromatic amines is 1. The minimum absolute atomic E-state index is 0.223. The lowest BCUT2D eigenvalue weighted by Crippen LogP contribution is -2.29. The van der Waals surface area contributed by atoms with E-state index < -0.39 is 0 Å². The standard InChI is InChI=1S/C21H23N5O2/c1-13(18-3-2-4-19-20(18)28-12-27-19)22-17-10-9-16(11-17)14-5-7-15(8-6-14)21-23-25-26-24-21/h2-8,13,16-17,22H,9-12H2,1H3,(H,23,24,25,26). The number of nitrogens with one attached hydrogen (secondary N) is 2. The van der Waals surface area contributed by atoms with E-state index >= 15 is 0 Å². The first-order chi connectivity index (χ1) is 13.8. The molecule has 3 aromatic rings. The van der Waals surface area contributed by atoms with Crippen LogP contribution < -0.4 is 14.8 Å². The Labute approximate surface area is 163 Å². The van der Waals surface area contributed by atoms with Crippen molar-refractivity contribution in [1.29, 1.82) is 0 Å². The molecule has 7 nitrogen and oxygen atoms in total. The van der Waals surface area contributed by atoms with Crippen molar-refractivity contribution in [3.8, 4) is 22.9 Å². The topological polar surface area (TPSA) is 85.0 Å². The normalized spacial score (nSPS) is 21.8. The molecule has 5 rings (SSSR count). The number of nitrogens with zero attached hydrogens (tertiary/aromatic N) is 3. The number of hydrogen-bond acceptors (Lipinski definition) is 6. The fourth-order valence-electron chi connectivity index (χ4n) is 4.36. The molecule has 1 saturated carbocycles. The van der Waals surface area contributed by atoms with Crippen LogP contribution in [0.15, 0.2) is 42.5 Å². The summed E-state index contributed by atoms with van der Waals surface area (Å²) in [5.74, 6) is 2.93. The zero-order chi connectivity index (χ0) is 18.9. The molecule has 1 aliphatic heterocycles. The number of ether oxygens (including phenoxy) is 2. The third-order valence-electron chi connectivity index (χ3n) is 5.80. The van der Waals surface area contributed by atoms with Crippen LogP contribution in [-0.4, -0.2) is 33.5 Å². The van der Waals surface area contributed by atoms with Gasteiger partial charge in [-0.25, -0.2) is 0 Å². The first kappa shape index (κ1) is 17.2. The third kappa shape index (κ3) is 3.22. The summed E-state index contributed by atoms with van der Waals surface area (Å²) in [6, 6.07) is 15.4. The van der Waals surface area contributed by atoms with E-state index in [4.69, 9.17) is 9.47 Å². The average Bonchev–Trinajstić information content (AvgIpc) is 3.48. The largest absolute Gasteiger partial charge is 0.454 e. The van der Waals surface area contributed by atoms with Gasteiger partial charge < -0.3 is 14.8 Å². The number of rotatable bonds is 5. The van der Waals surface area contributed by atoms with Crippen LogP contribution in [-0.2, 0) is 0 Å². The van der Waals surface area contributed by atoms with E-state index in [1.165, 1.54) is 24.0 Å². The van der Waals surface area contributed by atoms with E-state index in [0.29, 0.717) is 24.6 Å². The van der Waals surface area contributed by atoms with Crippen molar-refractivity contribution in [2.45, 2.75) is 44.2 Å². The molecular formula is C21H23N5O2. The van der Waals surface area contributed by atoms with Crippen LogP contribution in [0.5, 0.6) is 11.5 Å². The minimum atomic E-state index is 0.223. The number of hydrogen-bond donors (Lipinski definition) is 2. The molecule has 28 heavy (non-hydrogen) atoms. The molecule has 0 spiro atoms. The Morgan fingerprint density at radius 1 is 1.11 bits per heavy atom. The molecule has 2 heterocycles. The van der Waals surface area contributed by atoms with Gasteiger partial charge in [0, 0.05) is 23.2 Å². The van der Waals surface area contributed by atoms with Crippen molar-refractivity contribution >= 4 is 0 Å². The van der Waals surface area contributed by atoms with Crippen molar-refractivity contribution in [3.05, 3.63) is 53.6 Å². The number of para-hydroxylation sites is 1. The van der Waals surface area contributed by atoms with Crippen LogP contribution >= 0.6 is 0 Å². The van der Waals surface area contributed by atoms with Crippen molar-refractivity contribution in [2.75, 3.05) is 6.79 Å². The molecule has 0 amide bonds. The van der Waals surface area contributed by atoms with Crippen LogP contribution in [0, 0.1) is 0 Å². The molecule has 1 aliphatic carbocycles. The SMILES string of the molecule is CC(NC1CCC(c2ccc(-c3nn[nH]n3)cc2)C1)c1cccc2c1OCO2. The molecule has 3 atom stereocenters. The second-order valence-corrected chi connectivity index (χ2v) is 7.53. The molecule has 1 fully saturated rings. The lowest BCUT2D eigenvalue weighted by Gasteiger charge is -2.21. The van der Waals surface area contributed by atoms with Gasteiger partial charge in [-0.3, -0.25) is 0 Å². The Balaban J connectivity index is 1.23. The number of benzene rings is 2. The summed E-state index contributed by atoms with van der Waals surface area (Å²) in [5, 5.41) is 18.0. The third-order valence-corrected chi connectivity index (χ3v) is 5.80. The summed E-state index contributed by atoms with van der Waals surface area (Å²) in [6.45, 7) is 2.51. The average molecular weight is 377 g/mol. The van der Waals surface area contributed by atoms with Crippen molar-refractivity contribution in [3.63, 3.8) is 0 Å². The van der Waals surface area contributed by atoms with Gasteiger partial charge >= 0.3 is 0 Å². The second-order valence-electron chi connectivity index (χ2n) is 7.53. The van der Waals surface area contributed by atoms with E-state index in [9.17, 15) is 0 Å². The van der Waals surface area contributed by atoms with Crippen molar-refractivity contribution in [2.24, 2.45) is 0 Å². The van der Waals surface area contributed by atoms with Crippen molar-refractivity contribution < 1.29 is 9.47 Å². The molecule has 0 radical (unpaired) electrons. The van der Waals surface area contributed by atoms with Crippen LogP contribution in [0.1, 0.15) is 49.3 Å². The molecule has 144 valence electrons. The summed E-state index contributed by atoms with van der Waals surface area (Å²) in [5.41, 5.74) is 3.53. The van der Waals surface area contributed by atoms with Crippen LogP contribution in [0.3, 0.4) is 0 Å². The highest BCUT2D eigenvalue weighted by Gasteiger charge is 2.28. The Morgan fingerprint density at radius 3 is 2.82 bits per heavy atom. The number of fused-ring (bicyclic) bond motifs is 1. The predicted molar refractivity (Wildman–Crippen MR) is 104 cm³/mol. The first-order valence-corrected chi connectivity index (χ1v) is 9.76. The van der Waals surface area contributed by atoms with E-state index in [1.807, 2.05) is 12.1 Å². The maximum absolute atomic E-state index is 5.67. The number of tetrazole rings is 1. The quantitative estimate of drug-likeness (QED) is 0.707. The molecule has 2 N–H and O–H groups in total. The molecule has 3 unspecified atom stereocenters. The van der Waals surface area contributed by atoms with Gasteiger partial charge in [0.05, 0.1) is 0 Å². The molecule has 7 heteroatoms. The van der Waals surface area contributed by atoms with E-state index in [1.54, 1.807) is 0 Å². The number of aromatic nitrogens is 4. The van der Waals surface area contributed by atoms with Crippen molar-refractivity contribution in [1.82, 2.24) is 25.9 Å². The second kappa shape index (κ2) is 7.24. The van der Waals surface area contributed by atoms with E-state index in [0.717, 1.165) is 23.5 Å². The molecular weight excluding hydrogens is 354 g/mol. The highest BCUT2D eigenvalue weighted by Crippen LogP contribution is 2.40. The first-order valence-electron chi connectivity index (χ1n) is 9.76. The minimum Gasteiger partial charge on any atom is -0.454 e. The highest BCUT2D eigenvalue weighted by atomic mass is 16.7. The monoisotopic (exact) mass is 377 g/mol. The van der Waals surface area contributed by atoms with E-state index in [2.05, 4.69) is 63.2 Å². The zero-order valence-corrected chi connectivity index (χ0v) is 15.8. The summed E-state index contributed by atoms with van der Waals surface area (Å²) in [4.78, 5) is 0. The number of H-pyrrole nitrogens is 1. The lowest BCUT2D eigenvalue weighted by molar-refractivity contribution is 0.172. The molecule has 2 aromatic carbocycles. The molecule has 1 aromatic heterocycles. The fraction of sp³-hybridized carbons (Fsp3) is 0.381. The Morgan fingerprint density at radius 2 is 2.00 bits per heavy atom. The predicted octanol–water partition coefficient (Wildman–Crippen LogP) is 3.58. The van der Waals surface area contributed by atoms with Crippen LogP contribution in [0.4, 0.5) is 0 Å². The van der Waals surface area contributed by atoms with Crippen LogP contribution in [0.25, 0.3) is 11.4 Å². The molecule has 2 aliphatic rings. The Bertz CT molecular complexity index is 942. The Kier molecular flexibility index (Phi) is 4.44. The van der Waals surface area contributed by atoms with Gasteiger partial charge in [0.2, 0.25) is 12.6 Å². The maximum atomic E-state index is 5.67. The summed E-state index contributed by atoms with van der Waals surface area (Å²) in [6.07, 6.45) is 3.50. The van der Waals surface area contributed by atoms with E-state index in [-0.39, 0.29) is 6.04 Å². The summed E-state index contributed by atoms with van der Waals surface area (Å²) in [7, 11) is 0. The van der Waals surface area contributed by atoms with Gasteiger partial charge in [0.25, 0.3) is 0 Å². The molecule has 0 saturated heterocycles. The van der Waals surface area contributed by atoms with Crippen LogP contribution in [0.2, 0.25) is 0 Å². The van der Waals surface area contributed by atoms with Gasteiger partial charge in [-0.15, -0.1) is 10.2 Å². The zero-order valence-electron chi connectivity index (χ0n) is 15.8. The fourth-order valence-corrected chi connectivity index (χ4v) is 4.36.